The van der Waals surface area contributed by atoms with E-state index in [0.717, 1.165) is 22.6 Å². The van der Waals surface area contributed by atoms with E-state index in [2.05, 4.69) is 19.2 Å². The van der Waals surface area contributed by atoms with E-state index in [9.17, 15) is 4.79 Å². The summed E-state index contributed by atoms with van der Waals surface area (Å²) in [5, 5.41) is 3.48. The number of ether oxygens (including phenoxy) is 2. The smallest absolute Gasteiger partial charge is 0.276 e. The second-order valence-corrected chi connectivity index (χ2v) is 7.86. The Hall–Kier alpha value is -2.86. The topological polar surface area (TPSA) is 50.8 Å². The van der Waals surface area contributed by atoms with Crippen molar-refractivity contribution in [3.63, 3.8) is 0 Å². The van der Waals surface area contributed by atoms with E-state index in [1.807, 2.05) is 55.5 Å². The van der Waals surface area contributed by atoms with Crippen LogP contribution >= 0.6 is 12.2 Å². The van der Waals surface area contributed by atoms with Gasteiger partial charge in [0.25, 0.3) is 5.91 Å². The highest BCUT2D eigenvalue weighted by atomic mass is 32.1. The molecular weight excluding hydrogens is 384 g/mol. The minimum Gasteiger partial charge on any atom is -0.496 e. The first kappa shape index (κ1) is 20.9. The van der Waals surface area contributed by atoms with Gasteiger partial charge in [-0.05, 0) is 61.0 Å². The van der Waals surface area contributed by atoms with Crippen LogP contribution in [0.3, 0.4) is 0 Å². The van der Waals surface area contributed by atoms with E-state index in [1.165, 1.54) is 5.56 Å². The van der Waals surface area contributed by atoms with Crippen LogP contribution in [0.4, 0.5) is 0 Å². The number of methoxy groups -OCH3 is 1. The summed E-state index contributed by atoms with van der Waals surface area (Å²) in [5.41, 5.74) is 3.43. The zero-order chi connectivity index (χ0) is 21.0. The second-order valence-electron chi connectivity index (χ2n) is 7.47. The van der Waals surface area contributed by atoms with Crippen molar-refractivity contribution < 1.29 is 14.3 Å². The van der Waals surface area contributed by atoms with Gasteiger partial charge in [0.05, 0.1) is 7.11 Å². The van der Waals surface area contributed by atoms with Gasteiger partial charge in [-0.1, -0.05) is 37.6 Å². The number of aryl methyl sites for hydroxylation is 1. The molecule has 3 rings (SSSR count). The number of nitrogens with one attached hydrogen (secondary N) is 1. The molecule has 0 spiro atoms. The third-order valence-corrected chi connectivity index (χ3v) is 4.86. The predicted octanol–water partition coefficient (Wildman–Crippen LogP) is 4.30. The van der Waals surface area contributed by atoms with E-state index in [1.54, 1.807) is 12.0 Å². The lowest BCUT2D eigenvalue weighted by atomic mass is 10.1. The maximum atomic E-state index is 12.7. The van der Waals surface area contributed by atoms with Crippen molar-refractivity contribution in [3.8, 4) is 11.5 Å². The first-order valence-corrected chi connectivity index (χ1v) is 9.99. The van der Waals surface area contributed by atoms with Crippen molar-refractivity contribution >= 4 is 29.3 Å². The van der Waals surface area contributed by atoms with Gasteiger partial charge in [0.15, 0.2) is 5.11 Å². The van der Waals surface area contributed by atoms with E-state index < -0.39 is 0 Å². The molecule has 0 aliphatic carbocycles. The number of amides is 1. The second kappa shape index (κ2) is 9.09. The van der Waals surface area contributed by atoms with Crippen molar-refractivity contribution in [2.45, 2.75) is 27.4 Å². The molecule has 2 aromatic rings. The van der Waals surface area contributed by atoms with Gasteiger partial charge in [-0.25, -0.2) is 0 Å². The Morgan fingerprint density at radius 1 is 1.17 bits per heavy atom. The molecule has 0 atom stereocenters. The average molecular weight is 411 g/mol. The molecule has 1 fully saturated rings. The van der Waals surface area contributed by atoms with Crippen LogP contribution < -0.4 is 14.8 Å². The highest BCUT2D eigenvalue weighted by molar-refractivity contribution is 7.80. The number of carbonyl (C=O) groups is 1. The number of hydrogen-bond acceptors (Lipinski definition) is 4. The lowest BCUT2D eigenvalue weighted by Crippen LogP contribution is -2.33. The average Bonchev–Trinajstić information content (AvgIpc) is 2.94. The molecule has 29 heavy (non-hydrogen) atoms. The van der Waals surface area contributed by atoms with E-state index in [-0.39, 0.29) is 5.91 Å². The van der Waals surface area contributed by atoms with Gasteiger partial charge < -0.3 is 14.8 Å². The summed E-state index contributed by atoms with van der Waals surface area (Å²) in [4.78, 5) is 14.3. The molecule has 1 amide bonds. The number of rotatable bonds is 7. The largest absolute Gasteiger partial charge is 0.496 e. The van der Waals surface area contributed by atoms with Gasteiger partial charge in [-0.3, -0.25) is 9.69 Å². The fraction of sp³-hybridized carbons (Fsp3) is 0.304. The van der Waals surface area contributed by atoms with Gasteiger partial charge in [0.1, 0.15) is 23.8 Å². The monoisotopic (exact) mass is 410 g/mol. The van der Waals surface area contributed by atoms with E-state index in [0.29, 0.717) is 29.9 Å². The third kappa shape index (κ3) is 5.15. The van der Waals surface area contributed by atoms with Crippen molar-refractivity contribution in [3.05, 3.63) is 64.9 Å². The summed E-state index contributed by atoms with van der Waals surface area (Å²) >= 11 is 5.31. The SMILES string of the molecule is COc1ccc(/C=C2/NC(=S)N(CC(C)C)C2=O)cc1COc1ccc(C)cc1. The van der Waals surface area contributed by atoms with E-state index in [4.69, 9.17) is 21.7 Å². The molecule has 5 nitrogen and oxygen atoms in total. The molecule has 1 heterocycles. The first-order valence-electron chi connectivity index (χ1n) is 9.58. The van der Waals surface area contributed by atoms with Crippen LogP contribution in [-0.4, -0.2) is 29.6 Å². The summed E-state index contributed by atoms with van der Waals surface area (Å²) in [5.74, 6) is 1.77. The number of benzene rings is 2. The van der Waals surface area contributed by atoms with Crippen LogP contribution in [0.5, 0.6) is 11.5 Å². The fourth-order valence-corrected chi connectivity index (χ4v) is 3.33. The highest BCUT2D eigenvalue weighted by Crippen LogP contribution is 2.24. The lowest BCUT2D eigenvalue weighted by Gasteiger charge is -2.16. The number of nitrogens with zero attached hydrogens (tertiary/aromatic N) is 1. The number of thiocarbonyl (C=S) groups is 1. The Balaban J connectivity index is 1.79. The van der Waals surface area contributed by atoms with Gasteiger partial charge in [0, 0.05) is 12.1 Å². The predicted molar refractivity (Wildman–Crippen MR) is 119 cm³/mol. The minimum atomic E-state index is -0.100. The maximum absolute atomic E-state index is 12.7. The zero-order valence-electron chi connectivity index (χ0n) is 17.2. The Kier molecular flexibility index (Phi) is 6.54. The standard InChI is InChI=1S/C23H26N2O3S/c1-15(2)13-25-22(26)20(24-23(25)29)12-17-7-10-21(27-4)18(11-17)14-28-19-8-5-16(3)6-9-19/h5-12,15H,13-14H2,1-4H3,(H,24,29)/b20-12+. The number of hydrogen-bond donors (Lipinski definition) is 1. The van der Waals surface area contributed by atoms with Crippen molar-refractivity contribution in [2.75, 3.05) is 13.7 Å². The Morgan fingerprint density at radius 3 is 2.55 bits per heavy atom. The first-order chi connectivity index (χ1) is 13.9. The van der Waals surface area contributed by atoms with Gasteiger partial charge in [-0.15, -0.1) is 0 Å². The van der Waals surface area contributed by atoms with Crippen LogP contribution in [0.1, 0.15) is 30.5 Å². The maximum Gasteiger partial charge on any atom is 0.276 e. The van der Waals surface area contributed by atoms with Crippen LogP contribution in [0.2, 0.25) is 0 Å². The van der Waals surface area contributed by atoms with Crippen LogP contribution in [0, 0.1) is 12.8 Å². The van der Waals surface area contributed by atoms with Crippen molar-refractivity contribution in [1.82, 2.24) is 10.2 Å². The molecule has 6 heteroatoms. The molecule has 2 aromatic carbocycles. The van der Waals surface area contributed by atoms with Gasteiger partial charge >= 0.3 is 0 Å². The Labute approximate surface area is 177 Å². The van der Waals surface area contributed by atoms with Crippen LogP contribution in [-0.2, 0) is 11.4 Å². The Bertz CT molecular complexity index is 936. The normalized spacial score (nSPS) is 15.2. The fourth-order valence-electron chi connectivity index (χ4n) is 3.07. The molecule has 1 N–H and O–H groups in total. The molecule has 0 bridgehead atoms. The molecule has 152 valence electrons. The molecule has 1 aliphatic rings. The highest BCUT2D eigenvalue weighted by Gasteiger charge is 2.30. The summed E-state index contributed by atoms with van der Waals surface area (Å²) in [6, 6.07) is 13.7. The molecule has 1 saturated heterocycles. The van der Waals surface area contributed by atoms with Gasteiger partial charge in [-0.2, -0.15) is 0 Å². The minimum absolute atomic E-state index is 0.100. The Morgan fingerprint density at radius 2 is 1.90 bits per heavy atom. The summed E-state index contributed by atoms with van der Waals surface area (Å²) in [6.45, 7) is 7.11. The van der Waals surface area contributed by atoms with Crippen LogP contribution in [0.15, 0.2) is 48.2 Å². The van der Waals surface area contributed by atoms with Crippen molar-refractivity contribution in [2.24, 2.45) is 5.92 Å². The summed E-state index contributed by atoms with van der Waals surface area (Å²) < 4.78 is 11.4. The zero-order valence-corrected chi connectivity index (χ0v) is 18.0. The number of carbonyl (C=O) groups excluding carboxylic acids is 1. The molecule has 0 saturated carbocycles. The molecular formula is C23H26N2O3S. The summed E-state index contributed by atoms with van der Waals surface area (Å²) in [6.07, 6.45) is 1.81. The van der Waals surface area contributed by atoms with Crippen molar-refractivity contribution in [1.29, 1.82) is 0 Å². The third-order valence-electron chi connectivity index (χ3n) is 4.54. The van der Waals surface area contributed by atoms with E-state index >= 15 is 0 Å². The molecule has 0 radical (unpaired) electrons. The quantitative estimate of drug-likeness (QED) is 0.545. The lowest BCUT2D eigenvalue weighted by molar-refractivity contribution is -0.122. The van der Waals surface area contributed by atoms with Crippen LogP contribution in [0.25, 0.3) is 6.08 Å². The summed E-state index contributed by atoms with van der Waals surface area (Å²) in [7, 11) is 1.63. The molecule has 0 unspecified atom stereocenters. The molecule has 1 aliphatic heterocycles. The molecule has 0 aromatic heterocycles. The van der Waals surface area contributed by atoms with Gasteiger partial charge in [0.2, 0.25) is 0 Å².